The Morgan fingerprint density at radius 2 is 1.93 bits per heavy atom. The third kappa shape index (κ3) is 5.85. The fraction of sp³-hybridized carbons (Fsp3) is 0.810. The molecule has 0 bridgehead atoms. The maximum Gasteiger partial charge on any atom is 0.108 e. The molecule has 0 amide bonds. The van der Waals surface area contributed by atoms with Crippen LogP contribution in [-0.2, 0) is 28.5 Å². The molecule has 0 N–H and O–H groups in total. The Morgan fingerprint density at radius 3 is 2.45 bits per heavy atom. The Balaban J connectivity index is 1.67. The molecule has 29 heavy (non-hydrogen) atoms. The molecule has 2 aromatic rings. The maximum absolute atomic E-state index is 6.19. The van der Waals surface area contributed by atoms with Crippen molar-refractivity contribution in [3.05, 3.63) is 24.3 Å². The second-order valence-electron chi connectivity index (χ2n) is 10.4. The molecule has 0 radical (unpaired) electrons. The first kappa shape index (κ1) is 21.9. The fourth-order valence-corrected chi connectivity index (χ4v) is 3.96. The Morgan fingerprint density at radius 1 is 1.17 bits per heavy atom. The van der Waals surface area contributed by atoms with Gasteiger partial charge in [0.15, 0.2) is 0 Å². The number of hydrogen-bond donors (Lipinski definition) is 0. The molecular formula is C21H36N6O2. The molecule has 1 aliphatic rings. The Bertz CT molecular complexity index is 779. The van der Waals surface area contributed by atoms with Crippen molar-refractivity contribution in [2.24, 2.45) is 12.5 Å². The van der Waals surface area contributed by atoms with Crippen molar-refractivity contribution >= 4 is 0 Å². The molecule has 3 heterocycles. The predicted molar refractivity (Wildman–Crippen MR) is 110 cm³/mol. The first-order chi connectivity index (χ1) is 13.5. The molecule has 1 saturated heterocycles. The van der Waals surface area contributed by atoms with E-state index in [1.807, 2.05) is 24.1 Å². The van der Waals surface area contributed by atoms with Gasteiger partial charge < -0.3 is 9.47 Å². The zero-order valence-corrected chi connectivity index (χ0v) is 18.9. The van der Waals surface area contributed by atoms with Crippen molar-refractivity contribution in [1.29, 1.82) is 0 Å². The molecule has 162 valence electrons. The highest BCUT2D eigenvalue weighted by atomic mass is 16.6. The highest BCUT2D eigenvalue weighted by molar-refractivity contribution is 4.98. The average molecular weight is 405 g/mol. The van der Waals surface area contributed by atoms with Crippen LogP contribution in [0.1, 0.15) is 66.5 Å². The van der Waals surface area contributed by atoms with E-state index in [0.29, 0.717) is 6.61 Å². The summed E-state index contributed by atoms with van der Waals surface area (Å²) in [6.45, 7) is 13.8. The van der Waals surface area contributed by atoms with E-state index in [1.54, 1.807) is 11.0 Å². The van der Waals surface area contributed by atoms with Gasteiger partial charge in [-0.2, -0.15) is 15.0 Å². The molecule has 0 saturated carbocycles. The van der Waals surface area contributed by atoms with Gasteiger partial charge in [-0.15, -0.1) is 5.10 Å². The monoisotopic (exact) mass is 404 g/mol. The number of hydrogen-bond acceptors (Lipinski definition) is 6. The second kappa shape index (κ2) is 8.14. The number of rotatable bonds is 9. The van der Waals surface area contributed by atoms with Gasteiger partial charge in [-0.05, 0) is 52.4 Å². The smallest absolute Gasteiger partial charge is 0.108 e. The van der Waals surface area contributed by atoms with Gasteiger partial charge in [-0.25, -0.2) is 4.68 Å². The molecule has 8 nitrogen and oxygen atoms in total. The Labute approximate surface area is 174 Å². The van der Waals surface area contributed by atoms with Crippen LogP contribution in [0.2, 0.25) is 0 Å². The highest BCUT2D eigenvalue weighted by Gasteiger charge is 2.42. The van der Waals surface area contributed by atoms with Gasteiger partial charge in [0, 0.05) is 19.7 Å². The molecule has 3 unspecified atom stereocenters. The SMILES string of the molecule is Cn1ncc(CC(C)(C)CCC(C)(CC2OCC2OC(C)(C)C)n2ccnn2)n1. The van der Waals surface area contributed by atoms with E-state index in [4.69, 9.17) is 9.47 Å². The minimum absolute atomic E-state index is 0.0755. The molecule has 1 fully saturated rings. The predicted octanol–water partition coefficient (Wildman–Crippen LogP) is 3.14. The van der Waals surface area contributed by atoms with Crippen molar-refractivity contribution in [2.45, 2.75) is 90.6 Å². The maximum atomic E-state index is 6.19. The number of nitrogens with zero attached hydrogens (tertiary/aromatic N) is 6. The van der Waals surface area contributed by atoms with Gasteiger partial charge in [0.1, 0.15) is 6.10 Å². The van der Waals surface area contributed by atoms with E-state index in [9.17, 15) is 0 Å². The largest absolute Gasteiger partial charge is 0.373 e. The van der Waals surface area contributed by atoms with E-state index in [1.165, 1.54) is 0 Å². The third-order valence-corrected chi connectivity index (χ3v) is 5.66. The summed E-state index contributed by atoms with van der Waals surface area (Å²) in [4.78, 5) is 1.62. The quantitative estimate of drug-likeness (QED) is 0.639. The summed E-state index contributed by atoms with van der Waals surface area (Å²) in [5.74, 6) is 0. The lowest BCUT2D eigenvalue weighted by atomic mass is 9.77. The van der Waals surface area contributed by atoms with E-state index >= 15 is 0 Å². The first-order valence-electron chi connectivity index (χ1n) is 10.5. The van der Waals surface area contributed by atoms with Crippen molar-refractivity contribution in [2.75, 3.05) is 6.61 Å². The molecule has 0 aliphatic carbocycles. The van der Waals surface area contributed by atoms with E-state index in [0.717, 1.165) is 31.4 Å². The third-order valence-electron chi connectivity index (χ3n) is 5.66. The van der Waals surface area contributed by atoms with Gasteiger partial charge in [0.25, 0.3) is 0 Å². The molecule has 3 rings (SSSR count). The highest BCUT2D eigenvalue weighted by Crippen LogP contribution is 2.38. The van der Waals surface area contributed by atoms with Gasteiger partial charge in [-0.1, -0.05) is 19.1 Å². The zero-order chi connectivity index (χ0) is 21.3. The summed E-state index contributed by atoms with van der Waals surface area (Å²) in [6, 6.07) is 0. The van der Waals surface area contributed by atoms with Crippen LogP contribution < -0.4 is 0 Å². The molecule has 1 aliphatic heterocycles. The van der Waals surface area contributed by atoms with Crippen LogP contribution in [0, 0.1) is 5.41 Å². The van der Waals surface area contributed by atoms with Crippen LogP contribution >= 0.6 is 0 Å². The second-order valence-corrected chi connectivity index (χ2v) is 10.4. The van der Waals surface area contributed by atoms with E-state index in [2.05, 4.69) is 62.1 Å². The van der Waals surface area contributed by atoms with Gasteiger partial charge in [-0.3, -0.25) is 0 Å². The number of ether oxygens (including phenoxy) is 2. The molecule has 3 atom stereocenters. The fourth-order valence-electron chi connectivity index (χ4n) is 3.96. The average Bonchev–Trinajstić information content (AvgIpc) is 3.26. The normalized spacial score (nSPS) is 22.3. The minimum atomic E-state index is -0.194. The summed E-state index contributed by atoms with van der Waals surface area (Å²) < 4.78 is 14.1. The number of aromatic nitrogens is 6. The van der Waals surface area contributed by atoms with E-state index in [-0.39, 0.29) is 28.8 Å². The lowest BCUT2D eigenvalue weighted by molar-refractivity contribution is -0.231. The molecule has 8 heteroatoms. The van der Waals surface area contributed by atoms with Crippen LogP contribution in [0.15, 0.2) is 18.6 Å². The number of aryl methyl sites for hydroxylation is 1. The molecule has 2 aromatic heterocycles. The van der Waals surface area contributed by atoms with Crippen molar-refractivity contribution in [3.63, 3.8) is 0 Å². The van der Waals surface area contributed by atoms with Gasteiger partial charge in [0.2, 0.25) is 0 Å². The van der Waals surface area contributed by atoms with Crippen LogP contribution in [0.25, 0.3) is 0 Å². The zero-order valence-electron chi connectivity index (χ0n) is 18.9. The Kier molecular flexibility index (Phi) is 6.15. The van der Waals surface area contributed by atoms with E-state index < -0.39 is 0 Å². The Hall–Kier alpha value is -1.80. The lowest BCUT2D eigenvalue weighted by Crippen LogP contribution is -2.53. The lowest BCUT2D eigenvalue weighted by Gasteiger charge is -2.45. The molecule has 0 aromatic carbocycles. The minimum Gasteiger partial charge on any atom is -0.373 e. The summed E-state index contributed by atoms with van der Waals surface area (Å²) in [5, 5.41) is 17.0. The molecular weight excluding hydrogens is 368 g/mol. The van der Waals surface area contributed by atoms with Gasteiger partial charge >= 0.3 is 0 Å². The first-order valence-corrected chi connectivity index (χ1v) is 10.5. The van der Waals surface area contributed by atoms with Crippen molar-refractivity contribution < 1.29 is 9.47 Å². The summed E-state index contributed by atoms with van der Waals surface area (Å²) in [5.41, 5.74) is 0.760. The summed E-state index contributed by atoms with van der Waals surface area (Å²) >= 11 is 0. The topological polar surface area (TPSA) is 79.9 Å². The van der Waals surface area contributed by atoms with Crippen LogP contribution in [0.4, 0.5) is 0 Å². The molecule has 0 spiro atoms. The van der Waals surface area contributed by atoms with Crippen LogP contribution in [0.5, 0.6) is 0 Å². The van der Waals surface area contributed by atoms with Gasteiger partial charge in [0.05, 0.1) is 41.9 Å². The standard InChI is InChI=1S/C21H36N6O2/c1-19(2,3)29-18-15-28-17(18)13-21(6,27-11-10-22-25-27)9-8-20(4,5)12-16-14-23-26(7)24-16/h10-11,14,17-18H,8-9,12-13,15H2,1-7H3. The van der Waals surface area contributed by atoms with Crippen LogP contribution in [0.3, 0.4) is 0 Å². The summed E-state index contributed by atoms with van der Waals surface area (Å²) in [6.07, 6.45) is 9.49. The van der Waals surface area contributed by atoms with Crippen molar-refractivity contribution in [1.82, 2.24) is 30.0 Å². The summed E-state index contributed by atoms with van der Waals surface area (Å²) in [7, 11) is 1.85. The van der Waals surface area contributed by atoms with Crippen LogP contribution in [-0.4, -0.2) is 54.4 Å². The van der Waals surface area contributed by atoms with Crippen molar-refractivity contribution in [3.8, 4) is 0 Å².